The predicted molar refractivity (Wildman–Crippen MR) is 94.8 cm³/mol. The zero-order valence-corrected chi connectivity index (χ0v) is 15.7. The number of hydrogen-bond donors (Lipinski definition) is 1. The lowest BCUT2D eigenvalue weighted by Crippen LogP contribution is -2.43. The Hall–Kier alpha value is -1.44. The van der Waals surface area contributed by atoms with Crippen LogP contribution in [0.1, 0.15) is 18.4 Å². The number of nitriles is 1. The Morgan fingerprint density at radius 2 is 2.12 bits per heavy atom. The Labute approximate surface area is 153 Å². The van der Waals surface area contributed by atoms with Gasteiger partial charge in [0.1, 0.15) is 4.90 Å². The molecular formula is C15H18ClN3O4S2. The van der Waals surface area contributed by atoms with E-state index in [1.54, 1.807) is 0 Å². The highest BCUT2D eigenvalue weighted by atomic mass is 35.5. The van der Waals surface area contributed by atoms with Crippen LogP contribution in [-0.2, 0) is 20.0 Å². The number of halogens is 1. The molecule has 1 atom stereocenters. The maximum absolute atomic E-state index is 12.8. The van der Waals surface area contributed by atoms with E-state index in [9.17, 15) is 16.8 Å². The van der Waals surface area contributed by atoms with Crippen molar-refractivity contribution in [1.29, 1.82) is 5.26 Å². The fourth-order valence-electron chi connectivity index (χ4n) is 2.62. The summed E-state index contributed by atoms with van der Waals surface area (Å²) in [5.41, 5.74) is 0.277. The summed E-state index contributed by atoms with van der Waals surface area (Å²) in [4.78, 5) is -0.0551. The average molecular weight is 404 g/mol. The van der Waals surface area contributed by atoms with Crippen LogP contribution in [0.25, 0.3) is 0 Å². The van der Waals surface area contributed by atoms with E-state index in [2.05, 4.69) is 11.3 Å². The zero-order valence-electron chi connectivity index (χ0n) is 13.4. The molecule has 1 fully saturated rings. The Balaban J connectivity index is 2.17. The molecule has 1 heterocycles. The lowest BCUT2D eigenvalue weighted by molar-refractivity contribution is 0.267. The van der Waals surface area contributed by atoms with Crippen molar-refractivity contribution in [2.75, 3.05) is 19.6 Å². The van der Waals surface area contributed by atoms with Gasteiger partial charge >= 0.3 is 0 Å². The van der Waals surface area contributed by atoms with Crippen molar-refractivity contribution in [2.45, 2.75) is 17.7 Å². The van der Waals surface area contributed by atoms with Gasteiger partial charge in [0.05, 0.1) is 16.7 Å². The zero-order chi connectivity index (χ0) is 18.7. The molecule has 7 nitrogen and oxygen atoms in total. The number of benzene rings is 1. The maximum atomic E-state index is 12.8. The summed E-state index contributed by atoms with van der Waals surface area (Å²) in [6.45, 7) is 3.89. The highest BCUT2D eigenvalue weighted by Crippen LogP contribution is 2.28. The number of sulfonamides is 2. The average Bonchev–Trinajstić information content (AvgIpc) is 2.60. The second-order valence-corrected chi connectivity index (χ2v) is 9.71. The van der Waals surface area contributed by atoms with E-state index >= 15 is 0 Å². The van der Waals surface area contributed by atoms with E-state index in [4.69, 9.17) is 16.9 Å². The Morgan fingerprint density at radius 3 is 2.72 bits per heavy atom. The smallest absolute Gasteiger partial charge is 0.211 e. The molecular weight excluding hydrogens is 386 g/mol. The van der Waals surface area contributed by atoms with E-state index < -0.39 is 20.0 Å². The second kappa shape index (κ2) is 7.85. The van der Waals surface area contributed by atoms with Crippen LogP contribution in [0.4, 0.5) is 0 Å². The van der Waals surface area contributed by atoms with Crippen LogP contribution < -0.4 is 4.72 Å². The normalized spacial score (nSPS) is 19.3. The van der Waals surface area contributed by atoms with Crippen LogP contribution in [0, 0.1) is 17.2 Å². The van der Waals surface area contributed by atoms with Gasteiger partial charge in [-0.2, -0.15) is 9.57 Å². The van der Waals surface area contributed by atoms with Gasteiger partial charge in [-0.05, 0) is 37.0 Å². The van der Waals surface area contributed by atoms with Crippen molar-refractivity contribution >= 4 is 31.6 Å². The molecule has 1 aromatic rings. The van der Waals surface area contributed by atoms with Gasteiger partial charge in [-0.1, -0.05) is 18.2 Å². The van der Waals surface area contributed by atoms with Gasteiger partial charge in [-0.3, -0.25) is 0 Å². The number of piperidine rings is 1. The third-order valence-corrected chi connectivity index (χ3v) is 7.31. The molecule has 1 aliphatic heterocycles. The first-order valence-corrected chi connectivity index (χ1v) is 10.9. The first-order chi connectivity index (χ1) is 11.7. The molecule has 1 aliphatic rings. The fourth-order valence-corrected chi connectivity index (χ4v) is 5.28. The summed E-state index contributed by atoms with van der Waals surface area (Å²) in [7, 11) is -7.36. The molecule has 0 radical (unpaired) electrons. The van der Waals surface area contributed by atoms with Crippen molar-refractivity contribution in [3.8, 4) is 6.07 Å². The summed E-state index contributed by atoms with van der Waals surface area (Å²) in [6, 6.07) is 5.94. The van der Waals surface area contributed by atoms with Crippen molar-refractivity contribution in [3.63, 3.8) is 0 Å². The van der Waals surface area contributed by atoms with Crippen LogP contribution in [0.2, 0.25) is 5.02 Å². The molecule has 1 aromatic carbocycles. The molecule has 0 saturated carbocycles. The molecule has 0 amide bonds. The fraction of sp³-hybridized carbons (Fsp3) is 0.400. The van der Waals surface area contributed by atoms with E-state index in [0.717, 1.165) is 5.41 Å². The van der Waals surface area contributed by atoms with Gasteiger partial charge in [0.2, 0.25) is 20.0 Å². The SMILES string of the molecule is C=CS(=O)(=O)NC[C@H]1CCCN(S(=O)(=O)c2ccc(C#N)cc2Cl)C1. The van der Waals surface area contributed by atoms with Crippen LogP contribution >= 0.6 is 11.6 Å². The van der Waals surface area contributed by atoms with Gasteiger partial charge in [0.15, 0.2) is 0 Å². The van der Waals surface area contributed by atoms with Gasteiger partial charge in [-0.15, -0.1) is 0 Å². The van der Waals surface area contributed by atoms with Crippen LogP contribution in [-0.4, -0.2) is 40.8 Å². The molecule has 10 heteroatoms. The van der Waals surface area contributed by atoms with Crippen LogP contribution in [0.15, 0.2) is 35.1 Å². The lowest BCUT2D eigenvalue weighted by atomic mass is 10.0. The second-order valence-electron chi connectivity index (χ2n) is 5.69. The monoisotopic (exact) mass is 403 g/mol. The van der Waals surface area contributed by atoms with Gasteiger partial charge in [-0.25, -0.2) is 21.6 Å². The number of hydrogen-bond acceptors (Lipinski definition) is 5. The van der Waals surface area contributed by atoms with E-state index in [1.807, 2.05) is 6.07 Å². The van der Waals surface area contributed by atoms with Gasteiger partial charge in [0.25, 0.3) is 0 Å². The molecule has 2 rings (SSSR count). The molecule has 0 aliphatic carbocycles. The van der Waals surface area contributed by atoms with E-state index in [0.29, 0.717) is 19.4 Å². The van der Waals surface area contributed by atoms with Gasteiger partial charge in [0, 0.05) is 25.0 Å². The molecule has 136 valence electrons. The van der Waals surface area contributed by atoms with Crippen molar-refractivity contribution in [3.05, 3.63) is 40.8 Å². The Kier molecular flexibility index (Phi) is 6.24. The standard InChI is InChI=1S/C15H18ClN3O4S2/c1-2-24(20,21)18-10-13-4-3-7-19(11-13)25(22,23)15-6-5-12(9-17)8-14(15)16/h2,5-6,8,13,18H,1,3-4,7,10-11H2/t13-/m1/s1. The number of nitrogens with zero attached hydrogens (tertiary/aromatic N) is 2. The molecule has 25 heavy (non-hydrogen) atoms. The summed E-state index contributed by atoms with van der Waals surface area (Å²) < 4.78 is 52.2. The number of rotatable bonds is 6. The van der Waals surface area contributed by atoms with Crippen LogP contribution in [0.3, 0.4) is 0 Å². The Bertz CT molecular complexity index is 907. The highest BCUT2D eigenvalue weighted by molar-refractivity contribution is 7.92. The molecule has 1 N–H and O–H groups in total. The first kappa shape index (κ1) is 19.9. The molecule has 0 bridgehead atoms. The van der Waals surface area contributed by atoms with Crippen molar-refractivity contribution in [2.24, 2.45) is 5.92 Å². The largest absolute Gasteiger partial charge is 0.244 e. The summed E-state index contributed by atoms with van der Waals surface area (Å²) in [6.07, 6.45) is 1.33. The predicted octanol–water partition coefficient (Wildman–Crippen LogP) is 1.68. The quantitative estimate of drug-likeness (QED) is 0.777. The summed E-state index contributed by atoms with van der Waals surface area (Å²) >= 11 is 6.03. The first-order valence-electron chi connectivity index (χ1n) is 7.51. The van der Waals surface area contributed by atoms with E-state index in [-0.39, 0.29) is 34.5 Å². The van der Waals surface area contributed by atoms with Gasteiger partial charge < -0.3 is 0 Å². The molecule has 1 saturated heterocycles. The minimum Gasteiger partial charge on any atom is -0.211 e. The molecule has 0 spiro atoms. The minimum absolute atomic E-state index is 0.00599. The highest BCUT2D eigenvalue weighted by Gasteiger charge is 2.32. The lowest BCUT2D eigenvalue weighted by Gasteiger charge is -2.32. The third kappa shape index (κ3) is 4.80. The van der Waals surface area contributed by atoms with Crippen molar-refractivity contribution in [1.82, 2.24) is 9.03 Å². The van der Waals surface area contributed by atoms with Crippen LogP contribution in [0.5, 0.6) is 0 Å². The Morgan fingerprint density at radius 1 is 1.40 bits per heavy atom. The minimum atomic E-state index is -3.82. The van der Waals surface area contributed by atoms with E-state index in [1.165, 1.54) is 22.5 Å². The third-order valence-electron chi connectivity index (χ3n) is 3.95. The summed E-state index contributed by atoms with van der Waals surface area (Å²) in [5.74, 6) is -0.143. The molecule has 0 aromatic heterocycles. The van der Waals surface area contributed by atoms with Crippen molar-refractivity contribution < 1.29 is 16.8 Å². The summed E-state index contributed by atoms with van der Waals surface area (Å²) in [5, 5.41) is 9.67. The maximum Gasteiger partial charge on any atom is 0.244 e. The molecule has 0 unspecified atom stereocenters. The number of nitrogens with one attached hydrogen (secondary N) is 1. The topological polar surface area (TPSA) is 107 Å².